The molecule has 0 bridgehead atoms. The predicted octanol–water partition coefficient (Wildman–Crippen LogP) is 1.88. The molecule has 14 heavy (non-hydrogen) atoms. The van der Waals surface area contributed by atoms with E-state index in [-0.39, 0.29) is 5.54 Å². The summed E-state index contributed by atoms with van der Waals surface area (Å²) < 4.78 is 0. The van der Waals surface area contributed by atoms with Crippen LogP contribution in [0.15, 0.2) is 24.3 Å². The van der Waals surface area contributed by atoms with Crippen molar-refractivity contribution in [2.75, 3.05) is 13.1 Å². The molecule has 1 heterocycles. The van der Waals surface area contributed by atoms with E-state index in [1.807, 2.05) is 12.1 Å². The van der Waals surface area contributed by atoms with Crippen molar-refractivity contribution in [1.82, 2.24) is 5.32 Å². The Morgan fingerprint density at radius 1 is 1.36 bits per heavy atom. The molecule has 0 aliphatic carbocycles. The van der Waals surface area contributed by atoms with Gasteiger partial charge in [-0.1, -0.05) is 23.7 Å². The third kappa shape index (κ3) is 1.65. The van der Waals surface area contributed by atoms with Gasteiger partial charge in [-0.2, -0.15) is 0 Å². The first-order valence-corrected chi connectivity index (χ1v) is 5.36. The molecule has 1 atom stereocenters. The lowest BCUT2D eigenvalue weighted by molar-refractivity contribution is 0.196. The van der Waals surface area contributed by atoms with Gasteiger partial charge in [0.1, 0.15) is 0 Å². The van der Waals surface area contributed by atoms with Crippen LogP contribution in [-0.2, 0) is 5.54 Å². The Kier molecular flexibility index (Phi) is 2.77. The zero-order chi connectivity index (χ0) is 10.0. The summed E-state index contributed by atoms with van der Waals surface area (Å²) in [4.78, 5) is 0. The molecule has 0 amide bonds. The summed E-state index contributed by atoms with van der Waals surface area (Å²) in [5.74, 6) is 0. The topological polar surface area (TPSA) is 38.0 Å². The number of hydrogen-bond donors (Lipinski definition) is 2. The molecule has 1 aliphatic heterocycles. The number of rotatable bonds is 3. The summed E-state index contributed by atoms with van der Waals surface area (Å²) in [5, 5.41) is 4.26. The smallest absolute Gasteiger partial charge is 0.0458 e. The van der Waals surface area contributed by atoms with E-state index in [4.69, 9.17) is 17.3 Å². The maximum atomic E-state index is 5.85. The summed E-state index contributed by atoms with van der Waals surface area (Å²) in [6.45, 7) is 1.80. The van der Waals surface area contributed by atoms with Gasteiger partial charge in [-0.25, -0.2) is 0 Å². The van der Waals surface area contributed by atoms with E-state index >= 15 is 0 Å². The van der Waals surface area contributed by atoms with Crippen molar-refractivity contribution < 1.29 is 0 Å². The van der Waals surface area contributed by atoms with Gasteiger partial charge in [0, 0.05) is 10.6 Å². The Labute approximate surface area is 89.4 Å². The van der Waals surface area contributed by atoms with Gasteiger partial charge >= 0.3 is 0 Å². The molecule has 3 heteroatoms. The molecular formula is C11H15ClN2. The molecular weight excluding hydrogens is 196 g/mol. The molecule has 0 spiro atoms. The number of nitrogens with two attached hydrogens (primary N) is 1. The third-order valence-electron chi connectivity index (χ3n) is 2.98. The van der Waals surface area contributed by atoms with E-state index in [1.165, 1.54) is 12.0 Å². The van der Waals surface area contributed by atoms with Crippen LogP contribution in [0.3, 0.4) is 0 Å². The minimum absolute atomic E-state index is 0.124. The first kappa shape index (κ1) is 9.97. The van der Waals surface area contributed by atoms with Crippen LogP contribution in [0.1, 0.15) is 18.4 Å². The van der Waals surface area contributed by atoms with Gasteiger partial charge in [-0.3, -0.25) is 0 Å². The lowest BCUT2D eigenvalue weighted by Gasteiger charge is -2.44. The average molecular weight is 211 g/mol. The molecule has 1 aromatic carbocycles. The molecule has 0 saturated carbocycles. The minimum Gasteiger partial charge on any atom is -0.330 e. The first-order chi connectivity index (χ1) is 6.77. The minimum atomic E-state index is 0.124. The van der Waals surface area contributed by atoms with Crippen LogP contribution in [0.25, 0.3) is 0 Å². The van der Waals surface area contributed by atoms with E-state index in [9.17, 15) is 0 Å². The van der Waals surface area contributed by atoms with Gasteiger partial charge in [-0.15, -0.1) is 0 Å². The summed E-state index contributed by atoms with van der Waals surface area (Å²) in [6.07, 6.45) is 2.17. The fraction of sp³-hybridized carbons (Fsp3) is 0.455. The summed E-state index contributed by atoms with van der Waals surface area (Å²) in [6, 6.07) is 8.05. The molecule has 2 nitrogen and oxygen atoms in total. The largest absolute Gasteiger partial charge is 0.330 e. The Balaban J connectivity index is 2.23. The third-order valence-corrected chi connectivity index (χ3v) is 3.24. The van der Waals surface area contributed by atoms with Crippen LogP contribution in [-0.4, -0.2) is 13.1 Å². The lowest BCUT2D eigenvalue weighted by atomic mass is 9.78. The van der Waals surface area contributed by atoms with E-state index in [0.29, 0.717) is 0 Å². The first-order valence-electron chi connectivity index (χ1n) is 4.98. The molecule has 1 aliphatic rings. The van der Waals surface area contributed by atoms with Gasteiger partial charge < -0.3 is 11.1 Å². The highest BCUT2D eigenvalue weighted by Gasteiger charge is 2.36. The lowest BCUT2D eigenvalue weighted by Crippen LogP contribution is -2.55. The number of nitrogens with one attached hydrogen (secondary N) is 1. The molecule has 1 aromatic rings. The highest BCUT2D eigenvalue weighted by molar-refractivity contribution is 6.30. The second-order valence-electron chi connectivity index (χ2n) is 3.80. The molecule has 76 valence electrons. The van der Waals surface area contributed by atoms with Crippen LogP contribution in [0.4, 0.5) is 0 Å². The standard InChI is InChI=1S/C11H15ClN2/c12-10-3-1-9(2-4-10)11(5-7-13)6-8-14-11/h1-4,14H,5-8,13H2. The average Bonchev–Trinajstić information content (AvgIpc) is 2.13. The van der Waals surface area contributed by atoms with Gasteiger partial charge in [0.2, 0.25) is 0 Å². The molecule has 0 aromatic heterocycles. The van der Waals surface area contributed by atoms with Crippen LogP contribution >= 0.6 is 11.6 Å². The maximum absolute atomic E-state index is 5.85. The second-order valence-corrected chi connectivity index (χ2v) is 4.24. The zero-order valence-corrected chi connectivity index (χ0v) is 8.85. The Morgan fingerprint density at radius 3 is 2.43 bits per heavy atom. The van der Waals surface area contributed by atoms with Crippen molar-refractivity contribution in [3.05, 3.63) is 34.9 Å². The van der Waals surface area contributed by atoms with Gasteiger partial charge in [0.05, 0.1) is 0 Å². The predicted molar refractivity (Wildman–Crippen MR) is 59.4 cm³/mol. The molecule has 0 radical (unpaired) electrons. The van der Waals surface area contributed by atoms with Gasteiger partial charge in [-0.05, 0) is 43.6 Å². The van der Waals surface area contributed by atoms with E-state index in [1.54, 1.807) is 0 Å². The highest BCUT2D eigenvalue weighted by atomic mass is 35.5. The second kappa shape index (κ2) is 3.89. The fourth-order valence-electron chi connectivity index (χ4n) is 2.05. The fourth-order valence-corrected chi connectivity index (χ4v) is 2.17. The SMILES string of the molecule is NCCC1(c2ccc(Cl)cc2)CCN1. The van der Waals surface area contributed by atoms with Crippen LogP contribution < -0.4 is 11.1 Å². The van der Waals surface area contributed by atoms with E-state index in [2.05, 4.69) is 17.4 Å². The molecule has 3 N–H and O–H groups in total. The Hall–Kier alpha value is -0.570. The van der Waals surface area contributed by atoms with E-state index < -0.39 is 0 Å². The monoisotopic (exact) mass is 210 g/mol. The van der Waals surface area contributed by atoms with Crippen molar-refractivity contribution in [2.24, 2.45) is 5.73 Å². The van der Waals surface area contributed by atoms with Crippen LogP contribution in [0.2, 0.25) is 5.02 Å². The molecule has 1 saturated heterocycles. The summed E-state index contributed by atoms with van der Waals surface area (Å²) in [7, 11) is 0. The van der Waals surface area contributed by atoms with Crippen molar-refractivity contribution in [2.45, 2.75) is 18.4 Å². The zero-order valence-electron chi connectivity index (χ0n) is 8.09. The maximum Gasteiger partial charge on any atom is 0.0458 e. The van der Waals surface area contributed by atoms with Crippen molar-refractivity contribution in [3.8, 4) is 0 Å². The Bertz CT molecular complexity index is 304. The quantitative estimate of drug-likeness (QED) is 0.800. The summed E-state index contributed by atoms with van der Waals surface area (Å²) >= 11 is 5.85. The van der Waals surface area contributed by atoms with Crippen LogP contribution in [0.5, 0.6) is 0 Å². The summed E-state index contributed by atoms with van der Waals surface area (Å²) in [5.41, 5.74) is 7.05. The molecule has 1 fully saturated rings. The van der Waals surface area contributed by atoms with Crippen molar-refractivity contribution in [3.63, 3.8) is 0 Å². The van der Waals surface area contributed by atoms with Crippen molar-refractivity contribution >= 4 is 11.6 Å². The normalized spacial score (nSPS) is 25.9. The molecule has 1 unspecified atom stereocenters. The van der Waals surface area contributed by atoms with E-state index in [0.717, 1.165) is 24.5 Å². The van der Waals surface area contributed by atoms with Crippen molar-refractivity contribution in [1.29, 1.82) is 0 Å². The highest BCUT2D eigenvalue weighted by Crippen LogP contribution is 2.34. The van der Waals surface area contributed by atoms with Crippen LogP contribution in [0, 0.1) is 0 Å². The van der Waals surface area contributed by atoms with Gasteiger partial charge in [0.15, 0.2) is 0 Å². The molecule has 2 rings (SSSR count). The number of halogens is 1. The van der Waals surface area contributed by atoms with Gasteiger partial charge in [0.25, 0.3) is 0 Å². The number of benzene rings is 1. The Morgan fingerprint density at radius 2 is 2.00 bits per heavy atom. The number of hydrogen-bond acceptors (Lipinski definition) is 2.